The summed E-state index contributed by atoms with van der Waals surface area (Å²) in [6.07, 6.45) is 13.8. The minimum absolute atomic E-state index is 0. The standard InChI is InChI=1S/C9H17NOS.C8H17N.CH3NOS.Na.H/c1-7(11-9(10)12)8-5-3-2-4-6-8;1-7(9)8-5-3-2-4-6-8;2-1(3)4;;/h7-8H,2-6H2,1H3,(H2,10,12);7-8H,2-6,9H2,1H3;(H3,2,3,4);;/q;;;+1;-1. The molecule has 0 saturated heterocycles. The van der Waals surface area contributed by atoms with Crippen molar-refractivity contribution in [1.82, 2.24) is 0 Å². The summed E-state index contributed by atoms with van der Waals surface area (Å²) >= 11 is 7.80. The molecule has 2 aliphatic carbocycles. The van der Waals surface area contributed by atoms with Gasteiger partial charge in [-0.1, -0.05) is 51.2 Å². The average Bonchev–Trinajstić information content (AvgIpc) is 2.56. The maximum absolute atomic E-state index is 9.09. The molecule has 0 aromatic rings. The number of carbonyl (C=O) groups excluding carboxylic acids is 1. The molecule has 150 valence electrons. The van der Waals surface area contributed by atoms with Gasteiger partial charge in [0.1, 0.15) is 6.10 Å². The first-order valence-corrected chi connectivity index (χ1v) is 10.3. The summed E-state index contributed by atoms with van der Waals surface area (Å²) < 4.78 is 5.30. The Kier molecular flexibility index (Phi) is 19.4. The minimum atomic E-state index is -0.639. The quantitative estimate of drug-likeness (QED) is 0.315. The van der Waals surface area contributed by atoms with Crippen LogP contribution in [0.15, 0.2) is 0 Å². The number of hydrogen-bond acceptors (Lipinski definition) is 4. The predicted molar refractivity (Wildman–Crippen MR) is 114 cm³/mol. The van der Waals surface area contributed by atoms with Gasteiger partial charge in [-0.15, -0.1) is 0 Å². The SMILES string of the molecule is CC(N)C1CCCCC1.CC(OC(N)=S)C1CCCCC1.NC(=O)S.[H-].[Na+]. The molecule has 2 aliphatic rings. The van der Waals surface area contributed by atoms with Gasteiger partial charge in [-0.3, -0.25) is 4.79 Å². The van der Waals surface area contributed by atoms with E-state index in [-0.39, 0.29) is 42.3 Å². The van der Waals surface area contributed by atoms with Gasteiger partial charge in [0, 0.05) is 6.04 Å². The largest absolute Gasteiger partial charge is 1.00 e. The second kappa shape index (κ2) is 17.6. The van der Waals surface area contributed by atoms with Gasteiger partial charge in [0.25, 0.3) is 10.4 Å². The molecule has 2 atom stereocenters. The molecule has 6 N–H and O–H groups in total. The van der Waals surface area contributed by atoms with Gasteiger partial charge in [0.15, 0.2) is 0 Å². The number of amides is 1. The normalized spacial score (nSPS) is 20.0. The van der Waals surface area contributed by atoms with Crippen molar-refractivity contribution in [2.45, 2.75) is 90.2 Å². The number of thiocarbonyl (C=S) groups is 1. The molecule has 0 aromatic carbocycles. The second-order valence-corrected chi connectivity index (χ2v) is 7.98. The van der Waals surface area contributed by atoms with Crippen LogP contribution in [0, 0.1) is 11.8 Å². The number of primary amides is 1. The number of rotatable bonds is 3. The fourth-order valence-corrected chi connectivity index (χ4v) is 3.69. The molecule has 0 heterocycles. The Balaban J connectivity index is -0.000000343. The first-order chi connectivity index (χ1) is 11.7. The number of carbonyl (C=O) groups is 1. The third kappa shape index (κ3) is 16.6. The van der Waals surface area contributed by atoms with Crippen LogP contribution in [-0.4, -0.2) is 22.6 Å². The Labute approximate surface area is 194 Å². The summed E-state index contributed by atoms with van der Waals surface area (Å²) in [4.78, 5) is 9.09. The molecule has 2 fully saturated rings. The Hall–Kier alpha value is 0.470. The van der Waals surface area contributed by atoms with Gasteiger partial charge in [-0.05, 0) is 63.6 Å². The van der Waals surface area contributed by atoms with Crippen molar-refractivity contribution in [2.24, 2.45) is 29.0 Å². The molecule has 0 bridgehead atoms. The fraction of sp³-hybridized carbons (Fsp3) is 0.889. The maximum atomic E-state index is 9.09. The smallest absolute Gasteiger partial charge is 1.00 e. The van der Waals surface area contributed by atoms with Gasteiger partial charge in [0.05, 0.1) is 0 Å². The first kappa shape index (κ1) is 28.7. The van der Waals surface area contributed by atoms with Crippen LogP contribution in [0.4, 0.5) is 4.79 Å². The molecule has 2 saturated carbocycles. The Bertz CT molecular complexity index is 378. The summed E-state index contributed by atoms with van der Waals surface area (Å²) in [6.45, 7) is 4.20. The zero-order valence-electron chi connectivity index (χ0n) is 17.8. The first-order valence-electron chi connectivity index (χ1n) is 9.44. The van der Waals surface area contributed by atoms with E-state index in [1.807, 2.05) is 0 Å². The summed E-state index contributed by atoms with van der Waals surface area (Å²) in [5.74, 6) is 1.50. The van der Waals surface area contributed by atoms with Crippen LogP contribution >= 0.6 is 24.8 Å². The molecule has 2 unspecified atom stereocenters. The van der Waals surface area contributed by atoms with Gasteiger partial charge < -0.3 is 23.4 Å². The van der Waals surface area contributed by atoms with Crippen LogP contribution in [0.25, 0.3) is 0 Å². The zero-order chi connectivity index (χ0) is 19.2. The molecular formula is C18H38N3NaO2S2. The molecule has 0 spiro atoms. The second-order valence-electron chi connectivity index (χ2n) is 7.14. The van der Waals surface area contributed by atoms with Crippen LogP contribution in [0.1, 0.15) is 79.5 Å². The van der Waals surface area contributed by atoms with Crippen molar-refractivity contribution in [3.8, 4) is 0 Å². The van der Waals surface area contributed by atoms with Crippen molar-refractivity contribution in [2.75, 3.05) is 0 Å². The number of hydrogen-bond donors (Lipinski definition) is 4. The van der Waals surface area contributed by atoms with E-state index in [0.29, 0.717) is 12.0 Å². The van der Waals surface area contributed by atoms with Crippen molar-refractivity contribution in [3.05, 3.63) is 0 Å². The van der Waals surface area contributed by atoms with E-state index in [1.165, 1.54) is 64.2 Å². The summed E-state index contributed by atoms with van der Waals surface area (Å²) in [5.41, 5.74) is 15.4. The monoisotopic (exact) mass is 415 g/mol. The molecule has 26 heavy (non-hydrogen) atoms. The van der Waals surface area contributed by atoms with Crippen LogP contribution in [0.3, 0.4) is 0 Å². The van der Waals surface area contributed by atoms with Crippen molar-refractivity contribution in [1.29, 1.82) is 0 Å². The molecular weight excluding hydrogens is 377 g/mol. The Morgan fingerprint density at radius 3 is 1.62 bits per heavy atom. The van der Waals surface area contributed by atoms with E-state index in [4.69, 9.17) is 33.2 Å². The fourth-order valence-electron chi connectivity index (χ4n) is 3.54. The molecule has 5 nitrogen and oxygen atoms in total. The summed E-state index contributed by atoms with van der Waals surface area (Å²) in [7, 11) is 0. The van der Waals surface area contributed by atoms with Crippen LogP contribution in [0.5, 0.6) is 0 Å². The van der Waals surface area contributed by atoms with Gasteiger partial charge in [-0.2, -0.15) is 0 Å². The zero-order valence-corrected chi connectivity index (χ0v) is 20.5. The van der Waals surface area contributed by atoms with E-state index < -0.39 is 5.24 Å². The van der Waals surface area contributed by atoms with E-state index in [2.05, 4.69) is 32.2 Å². The predicted octanol–water partition coefficient (Wildman–Crippen LogP) is 1.24. The van der Waals surface area contributed by atoms with Gasteiger partial charge >= 0.3 is 29.6 Å². The average molecular weight is 416 g/mol. The van der Waals surface area contributed by atoms with Crippen LogP contribution < -0.4 is 46.8 Å². The third-order valence-electron chi connectivity index (χ3n) is 5.01. The van der Waals surface area contributed by atoms with E-state index in [0.717, 1.165) is 5.92 Å². The summed E-state index contributed by atoms with van der Waals surface area (Å²) in [6, 6.07) is 0.435. The topological polar surface area (TPSA) is 104 Å². The van der Waals surface area contributed by atoms with E-state index in [1.54, 1.807) is 0 Å². The molecule has 2 rings (SSSR count). The molecule has 0 radical (unpaired) electrons. The Morgan fingerprint density at radius 2 is 1.35 bits per heavy atom. The van der Waals surface area contributed by atoms with Crippen molar-refractivity contribution < 1.29 is 40.5 Å². The van der Waals surface area contributed by atoms with Crippen molar-refractivity contribution in [3.63, 3.8) is 0 Å². The molecule has 0 aromatic heterocycles. The number of thiol groups is 1. The molecule has 1 amide bonds. The van der Waals surface area contributed by atoms with Crippen molar-refractivity contribution >= 4 is 35.3 Å². The number of ether oxygens (including phenoxy) is 1. The maximum Gasteiger partial charge on any atom is 1.00 e. The summed E-state index contributed by atoms with van der Waals surface area (Å²) in [5, 5.41) is -0.451. The van der Waals surface area contributed by atoms with E-state index in [9.17, 15) is 0 Å². The number of nitrogens with two attached hydrogens (primary N) is 3. The van der Waals surface area contributed by atoms with Gasteiger partial charge in [0.2, 0.25) is 0 Å². The van der Waals surface area contributed by atoms with E-state index >= 15 is 0 Å². The third-order valence-corrected chi connectivity index (χ3v) is 5.11. The van der Waals surface area contributed by atoms with Crippen LogP contribution in [-0.2, 0) is 4.74 Å². The molecule has 8 heteroatoms. The minimum Gasteiger partial charge on any atom is -1.00 e. The van der Waals surface area contributed by atoms with Gasteiger partial charge in [-0.25, -0.2) is 0 Å². The molecule has 0 aliphatic heterocycles. The van der Waals surface area contributed by atoms with Crippen LogP contribution in [0.2, 0.25) is 0 Å². The Morgan fingerprint density at radius 1 is 1.00 bits per heavy atom.